The number of hydrogen-bond donors (Lipinski definition) is 1. The second kappa shape index (κ2) is 5.13. The summed E-state index contributed by atoms with van der Waals surface area (Å²) >= 11 is 0. The van der Waals surface area contributed by atoms with Crippen molar-refractivity contribution in [1.29, 1.82) is 0 Å². The quantitative estimate of drug-likeness (QED) is 0.817. The summed E-state index contributed by atoms with van der Waals surface area (Å²) in [6.45, 7) is 14.1. The van der Waals surface area contributed by atoms with Gasteiger partial charge in [0.15, 0.2) is 0 Å². The SMILES string of the molecule is C[C@@H]1CC[C@@H](C(C)(C)N2C[C@@H](C)[C@H](C)C2)[C@H](O)C1. The molecule has 0 radical (unpaired) electrons. The van der Waals surface area contributed by atoms with Crippen molar-refractivity contribution in [2.75, 3.05) is 13.1 Å². The zero-order valence-electron chi connectivity index (χ0n) is 12.8. The summed E-state index contributed by atoms with van der Waals surface area (Å²) in [6.07, 6.45) is 3.36. The van der Waals surface area contributed by atoms with Crippen molar-refractivity contribution in [3.63, 3.8) is 0 Å². The molecule has 2 nitrogen and oxygen atoms in total. The zero-order valence-corrected chi connectivity index (χ0v) is 12.8. The van der Waals surface area contributed by atoms with Gasteiger partial charge < -0.3 is 5.11 Å². The number of likely N-dealkylation sites (tertiary alicyclic amines) is 1. The van der Waals surface area contributed by atoms with Gasteiger partial charge in [-0.2, -0.15) is 0 Å². The molecule has 0 aromatic carbocycles. The lowest BCUT2D eigenvalue weighted by Crippen LogP contribution is -2.53. The molecular formula is C16H31NO. The Bertz CT molecular complexity index is 279. The first-order valence-corrected chi connectivity index (χ1v) is 7.75. The molecule has 0 aromatic heterocycles. The summed E-state index contributed by atoms with van der Waals surface area (Å²) in [5, 5.41) is 10.4. The summed E-state index contributed by atoms with van der Waals surface area (Å²) in [7, 11) is 0. The van der Waals surface area contributed by atoms with Gasteiger partial charge in [-0.3, -0.25) is 4.90 Å². The molecule has 2 rings (SSSR count). The van der Waals surface area contributed by atoms with Crippen molar-refractivity contribution in [1.82, 2.24) is 4.90 Å². The molecule has 0 aromatic rings. The Balaban J connectivity index is 2.06. The van der Waals surface area contributed by atoms with Crippen LogP contribution in [0.2, 0.25) is 0 Å². The van der Waals surface area contributed by atoms with E-state index in [1.165, 1.54) is 25.9 Å². The first-order valence-electron chi connectivity index (χ1n) is 7.75. The van der Waals surface area contributed by atoms with Crippen molar-refractivity contribution < 1.29 is 5.11 Å². The van der Waals surface area contributed by atoms with E-state index in [1.54, 1.807) is 0 Å². The third-order valence-electron chi connectivity index (χ3n) is 5.79. The number of aliphatic hydroxyl groups is 1. The molecular weight excluding hydrogens is 222 g/mol. The smallest absolute Gasteiger partial charge is 0.0588 e. The van der Waals surface area contributed by atoms with Crippen LogP contribution >= 0.6 is 0 Å². The van der Waals surface area contributed by atoms with E-state index in [0.29, 0.717) is 11.8 Å². The maximum absolute atomic E-state index is 10.4. The van der Waals surface area contributed by atoms with E-state index in [9.17, 15) is 5.11 Å². The van der Waals surface area contributed by atoms with Gasteiger partial charge in [-0.15, -0.1) is 0 Å². The summed E-state index contributed by atoms with van der Waals surface area (Å²) in [6, 6.07) is 0. The minimum absolute atomic E-state index is 0.102. The highest BCUT2D eigenvalue weighted by Gasteiger charge is 2.44. The average molecular weight is 253 g/mol. The van der Waals surface area contributed by atoms with Crippen LogP contribution in [0.4, 0.5) is 0 Å². The van der Waals surface area contributed by atoms with Gasteiger partial charge >= 0.3 is 0 Å². The van der Waals surface area contributed by atoms with Crippen LogP contribution in [0.5, 0.6) is 0 Å². The van der Waals surface area contributed by atoms with Gasteiger partial charge in [0.25, 0.3) is 0 Å². The topological polar surface area (TPSA) is 23.5 Å². The Morgan fingerprint density at radius 3 is 2.06 bits per heavy atom. The molecule has 2 heteroatoms. The molecule has 1 saturated heterocycles. The Morgan fingerprint density at radius 1 is 1.00 bits per heavy atom. The van der Waals surface area contributed by atoms with Gasteiger partial charge in [0, 0.05) is 24.5 Å². The van der Waals surface area contributed by atoms with Crippen molar-refractivity contribution in [2.45, 2.75) is 65.5 Å². The Hall–Kier alpha value is -0.0800. The van der Waals surface area contributed by atoms with Crippen LogP contribution in [0.15, 0.2) is 0 Å². The molecule has 1 aliphatic heterocycles. The Labute approximate surface area is 113 Å². The molecule has 0 unspecified atom stereocenters. The molecule has 0 spiro atoms. The lowest BCUT2D eigenvalue weighted by Gasteiger charge is -2.47. The minimum Gasteiger partial charge on any atom is -0.393 e. The fourth-order valence-corrected chi connectivity index (χ4v) is 4.01. The maximum Gasteiger partial charge on any atom is 0.0588 e. The van der Waals surface area contributed by atoms with Crippen molar-refractivity contribution in [3.8, 4) is 0 Å². The predicted octanol–water partition coefficient (Wildman–Crippen LogP) is 3.15. The normalized spacial score (nSPS) is 43.3. The first kappa shape index (κ1) is 14.3. The van der Waals surface area contributed by atoms with E-state index < -0.39 is 0 Å². The van der Waals surface area contributed by atoms with Crippen LogP contribution in [-0.4, -0.2) is 34.7 Å². The van der Waals surface area contributed by atoms with Gasteiger partial charge in [-0.1, -0.05) is 27.2 Å². The largest absolute Gasteiger partial charge is 0.393 e. The molecule has 106 valence electrons. The van der Waals surface area contributed by atoms with Gasteiger partial charge in [-0.05, 0) is 44.4 Å². The van der Waals surface area contributed by atoms with E-state index in [0.717, 1.165) is 18.3 Å². The summed E-state index contributed by atoms with van der Waals surface area (Å²) < 4.78 is 0. The maximum atomic E-state index is 10.4. The second-order valence-electron chi connectivity index (χ2n) is 7.61. The minimum atomic E-state index is -0.102. The summed E-state index contributed by atoms with van der Waals surface area (Å²) in [5.41, 5.74) is 0.151. The summed E-state index contributed by atoms with van der Waals surface area (Å²) in [4.78, 5) is 2.63. The van der Waals surface area contributed by atoms with Crippen molar-refractivity contribution in [2.24, 2.45) is 23.7 Å². The first-order chi connectivity index (χ1) is 8.32. The third kappa shape index (κ3) is 2.60. The molecule has 5 atom stereocenters. The number of aliphatic hydroxyl groups excluding tert-OH is 1. The molecule has 1 saturated carbocycles. The van der Waals surface area contributed by atoms with E-state index in [1.807, 2.05) is 0 Å². The molecule has 1 aliphatic carbocycles. The number of hydrogen-bond acceptors (Lipinski definition) is 2. The molecule has 2 aliphatic rings. The lowest BCUT2D eigenvalue weighted by atomic mass is 9.71. The number of rotatable bonds is 2. The second-order valence-corrected chi connectivity index (χ2v) is 7.61. The number of nitrogens with zero attached hydrogens (tertiary/aromatic N) is 1. The lowest BCUT2D eigenvalue weighted by molar-refractivity contribution is -0.0383. The standard InChI is InChI=1S/C16H31NO/c1-11-6-7-14(15(18)8-11)16(4,5)17-9-12(2)13(3)10-17/h11-15,18H,6-10H2,1-5H3/t11-,12-,13-,14-,15-/m1/s1. The molecule has 1 N–H and O–H groups in total. The Morgan fingerprint density at radius 2 is 1.56 bits per heavy atom. The average Bonchev–Trinajstić information content (AvgIpc) is 2.59. The summed E-state index contributed by atoms with van der Waals surface area (Å²) in [5.74, 6) is 2.74. The van der Waals surface area contributed by atoms with E-state index in [-0.39, 0.29) is 11.6 Å². The highest BCUT2D eigenvalue weighted by atomic mass is 16.3. The van der Waals surface area contributed by atoms with Crippen LogP contribution in [0.25, 0.3) is 0 Å². The van der Waals surface area contributed by atoms with Crippen molar-refractivity contribution in [3.05, 3.63) is 0 Å². The van der Waals surface area contributed by atoms with Gasteiger partial charge in [-0.25, -0.2) is 0 Å². The van der Waals surface area contributed by atoms with E-state index in [4.69, 9.17) is 0 Å². The zero-order chi connectivity index (χ0) is 13.5. The highest BCUT2D eigenvalue weighted by molar-refractivity contribution is 4.98. The van der Waals surface area contributed by atoms with Crippen LogP contribution in [0, 0.1) is 23.7 Å². The Kier molecular flexibility index (Phi) is 4.08. The van der Waals surface area contributed by atoms with Gasteiger partial charge in [0.2, 0.25) is 0 Å². The molecule has 0 amide bonds. The van der Waals surface area contributed by atoms with Crippen LogP contribution in [0.1, 0.15) is 53.9 Å². The highest BCUT2D eigenvalue weighted by Crippen LogP contribution is 2.41. The molecule has 1 heterocycles. The van der Waals surface area contributed by atoms with Gasteiger partial charge in [0.05, 0.1) is 6.10 Å². The fraction of sp³-hybridized carbons (Fsp3) is 1.00. The third-order valence-corrected chi connectivity index (χ3v) is 5.79. The fourth-order valence-electron chi connectivity index (χ4n) is 4.01. The van der Waals surface area contributed by atoms with Crippen molar-refractivity contribution >= 4 is 0 Å². The molecule has 0 bridgehead atoms. The molecule has 2 fully saturated rings. The molecule has 18 heavy (non-hydrogen) atoms. The monoisotopic (exact) mass is 253 g/mol. The van der Waals surface area contributed by atoms with E-state index in [2.05, 4.69) is 39.5 Å². The van der Waals surface area contributed by atoms with Crippen LogP contribution in [-0.2, 0) is 0 Å². The van der Waals surface area contributed by atoms with Crippen LogP contribution < -0.4 is 0 Å². The predicted molar refractivity (Wildman–Crippen MR) is 76.5 cm³/mol. The van der Waals surface area contributed by atoms with Gasteiger partial charge in [0.1, 0.15) is 0 Å². The van der Waals surface area contributed by atoms with Crippen LogP contribution in [0.3, 0.4) is 0 Å². The van der Waals surface area contributed by atoms with E-state index >= 15 is 0 Å².